The van der Waals surface area contributed by atoms with Crippen LogP contribution < -0.4 is 0 Å². The van der Waals surface area contributed by atoms with Gasteiger partial charge in [-0.2, -0.15) is 0 Å². The molecule has 0 rings (SSSR count). The zero-order valence-corrected chi connectivity index (χ0v) is 3.86. The van der Waals surface area contributed by atoms with Gasteiger partial charge in [-0.05, 0) is 0 Å². The first-order valence-corrected chi connectivity index (χ1v) is 2.31. The normalized spacial score (nSPS) is 5.40. The fraction of sp³-hybridized carbons (Fsp3) is 0. The van der Waals surface area contributed by atoms with Crippen molar-refractivity contribution in [1.82, 2.24) is 0 Å². The van der Waals surface area contributed by atoms with Crippen LogP contribution in [0.4, 0.5) is 0 Å². The highest BCUT2D eigenvalue weighted by atomic mass is 28.2. The van der Waals surface area contributed by atoms with Crippen LogP contribution in [0.15, 0.2) is 12.3 Å². The van der Waals surface area contributed by atoms with E-state index in [1.807, 2.05) is 0 Å². The molecule has 0 aromatic heterocycles. The van der Waals surface area contributed by atoms with Gasteiger partial charge in [0.05, 0.1) is 0 Å². The van der Waals surface area contributed by atoms with E-state index in [4.69, 9.17) is 6.42 Å². The van der Waals surface area contributed by atoms with Gasteiger partial charge < -0.3 is 0 Å². The van der Waals surface area contributed by atoms with E-state index in [0.29, 0.717) is 9.52 Å². The molecule has 0 nitrogen and oxygen atoms in total. The zero-order valence-electron chi connectivity index (χ0n) is 2.86. The molecule has 0 atom stereocenters. The highest BCUT2D eigenvalue weighted by molar-refractivity contribution is 6.51. The first-order chi connectivity index (χ1) is 2.41. The smallest absolute Gasteiger partial charge is 0.133 e. The van der Waals surface area contributed by atoms with Gasteiger partial charge >= 0.3 is 0 Å². The van der Waals surface area contributed by atoms with Crippen molar-refractivity contribution >= 4 is 9.52 Å². The Morgan fingerprint density at radius 3 is 2.60 bits per heavy atom. The molecule has 0 bridgehead atoms. The van der Waals surface area contributed by atoms with Crippen LogP contribution >= 0.6 is 0 Å². The van der Waals surface area contributed by atoms with Crippen LogP contribution in [0.1, 0.15) is 0 Å². The molecule has 24 valence electrons. The van der Waals surface area contributed by atoms with Crippen molar-refractivity contribution in [2.24, 2.45) is 0 Å². The second-order valence-corrected chi connectivity index (χ2v) is 1.48. The number of hydrogen-bond acceptors (Lipinski definition) is 0. The summed E-state index contributed by atoms with van der Waals surface area (Å²) in [7, 11) is 0.489. The van der Waals surface area contributed by atoms with Gasteiger partial charge in [0, 0.05) is 0 Å². The molecule has 0 aliphatic heterocycles. The first-order valence-electron chi connectivity index (χ1n) is 1.24. The van der Waals surface area contributed by atoms with E-state index in [1.165, 1.54) is 0 Å². The molecule has 0 aliphatic carbocycles. The minimum Gasteiger partial charge on any atom is -0.133 e. The van der Waals surface area contributed by atoms with Crippen molar-refractivity contribution in [3.05, 3.63) is 12.3 Å². The topological polar surface area (TPSA) is 0 Å². The lowest BCUT2D eigenvalue weighted by Crippen LogP contribution is -1.69. The quantitative estimate of drug-likeness (QED) is 0.316. The van der Waals surface area contributed by atoms with Crippen LogP contribution in [0.2, 0.25) is 0 Å². The van der Waals surface area contributed by atoms with E-state index in [9.17, 15) is 0 Å². The van der Waals surface area contributed by atoms with Crippen LogP contribution in [0.5, 0.6) is 0 Å². The third-order valence-corrected chi connectivity index (χ3v) is 0.556. The average Bonchev–Trinajstić information content (AvgIpc) is 1.41. The van der Waals surface area contributed by atoms with Gasteiger partial charge in [-0.3, -0.25) is 0 Å². The molecule has 0 fully saturated rings. The Morgan fingerprint density at radius 1 is 2.00 bits per heavy atom. The molecule has 0 amide bonds. The van der Waals surface area contributed by atoms with E-state index < -0.39 is 0 Å². The standard InChI is InChI=1S/C4H4Si/c1-3-5-4-2/h1,4H,2H2. The summed E-state index contributed by atoms with van der Waals surface area (Å²) in [6, 6.07) is 0. The van der Waals surface area contributed by atoms with Gasteiger partial charge in [0.15, 0.2) is 9.52 Å². The molecule has 0 aromatic carbocycles. The molecule has 0 aliphatic rings. The summed E-state index contributed by atoms with van der Waals surface area (Å²) >= 11 is 0. The summed E-state index contributed by atoms with van der Waals surface area (Å²) in [5.74, 6) is 0. The predicted molar refractivity (Wildman–Crippen MR) is 24.8 cm³/mol. The van der Waals surface area contributed by atoms with Crippen molar-refractivity contribution in [3.8, 4) is 12.0 Å². The van der Waals surface area contributed by atoms with Gasteiger partial charge in [0.1, 0.15) is 0 Å². The Kier molecular flexibility index (Phi) is 3.18. The molecule has 0 saturated carbocycles. The van der Waals surface area contributed by atoms with Gasteiger partial charge in [0.25, 0.3) is 0 Å². The van der Waals surface area contributed by atoms with Gasteiger partial charge in [-0.15, -0.1) is 18.5 Å². The summed E-state index contributed by atoms with van der Waals surface area (Å²) in [5, 5.41) is 0. The molecule has 1 heteroatoms. The van der Waals surface area contributed by atoms with Crippen LogP contribution in [0.25, 0.3) is 0 Å². The molecular formula is C4H4Si. The zero-order chi connectivity index (χ0) is 4.12. The summed E-state index contributed by atoms with van der Waals surface area (Å²) in [5.41, 5.74) is 4.15. The minimum atomic E-state index is 0.489. The SMILES string of the molecule is C#C[Si]C=C. The third-order valence-electron chi connectivity index (χ3n) is 0.185. The van der Waals surface area contributed by atoms with Crippen LogP contribution in [-0.4, -0.2) is 9.52 Å². The van der Waals surface area contributed by atoms with Crippen molar-refractivity contribution in [2.45, 2.75) is 0 Å². The predicted octanol–water partition coefficient (Wildman–Crippen LogP) is 0.425. The van der Waals surface area contributed by atoms with E-state index in [-0.39, 0.29) is 0 Å². The van der Waals surface area contributed by atoms with E-state index in [0.717, 1.165) is 0 Å². The molecule has 0 spiro atoms. The second-order valence-electron chi connectivity index (χ2n) is 0.493. The number of rotatable bonds is 1. The van der Waals surface area contributed by atoms with E-state index in [1.54, 1.807) is 5.70 Å². The fourth-order valence-corrected chi connectivity index (χ4v) is 0.177. The van der Waals surface area contributed by atoms with Gasteiger partial charge in [-0.1, -0.05) is 5.70 Å². The second kappa shape index (κ2) is 3.52. The first kappa shape index (κ1) is 4.52. The molecule has 0 N–H and O–H groups in total. The Morgan fingerprint density at radius 2 is 2.60 bits per heavy atom. The maximum atomic E-state index is 4.83. The summed E-state index contributed by atoms with van der Waals surface area (Å²) < 4.78 is 0. The van der Waals surface area contributed by atoms with E-state index in [2.05, 4.69) is 12.1 Å². The van der Waals surface area contributed by atoms with E-state index >= 15 is 0 Å². The Bertz CT molecular complexity index is 58.5. The molecular weight excluding hydrogens is 76.1 g/mol. The van der Waals surface area contributed by atoms with Gasteiger partial charge in [0.2, 0.25) is 0 Å². The Balaban J connectivity index is 2.75. The lowest BCUT2D eigenvalue weighted by Gasteiger charge is -1.56. The van der Waals surface area contributed by atoms with Crippen LogP contribution in [0, 0.1) is 12.0 Å². The molecule has 0 unspecified atom stereocenters. The minimum absolute atomic E-state index is 0.489. The number of terminal acetylenes is 1. The number of hydrogen-bond donors (Lipinski definition) is 0. The van der Waals surface area contributed by atoms with Gasteiger partial charge in [-0.25, -0.2) is 0 Å². The molecule has 0 heterocycles. The maximum Gasteiger partial charge on any atom is 0.177 e. The fourth-order valence-electron chi connectivity index (χ4n) is 0.0589. The van der Waals surface area contributed by atoms with Crippen molar-refractivity contribution < 1.29 is 0 Å². The van der Waals surface area contributed by atoms with Crippen LogP contribution in [0.3, 0.4) is 0 Å². The largest absolute Gasteiger partial charge is 0.177 e. The van der Waals surface area contributed by atoms with Crippen molar-refractivity contribution in [2.75, 3.05) is 0 Å². The molecule has 2 radical (unpaired) electrons. The third kappa shape index (κ3) is 3.52. The highest BCUT2D eigenvalue weighted by Crippen LogP contribution is 1.48. The molecule has 5 heavy (non-hydrogen) atoms. The summed E-state index contributed by atoms with van der Waals surface area (Å²) in [6.45, 7) is 3.42. The molecule has 0 saturated heterocycles. The van der Waals surface area contributed by atoms with Crippen LogP contribution in [-0.2, 0) is 0 Å². The lowest BCUT2D eigenvalue weighted by molar-refractivity contribution is 2.55. The summed E-state index contributed by atoms with van der Waals surface area (Å²) in [4.78, 5) is 0. The lowest BCUT2D eigenvalue weighted by atomic mass is 11.3. The highest BCUT2D eigenvalue weighted by Gasteiger charge is 1.57. The maximum absolute atomic E-state index is 4.83. The Labute approximate surface area is 34.7 Å². The monoisotopic (exact) mass is 80.0 g/mol. The van der Waals surface area contributed by atoms with Crippen molar-refractivity contribution in [1.29, 1.82) is 0 Å². The average molecular weight is 80.2 g/mol. The summed E-state index contributed by atoms with van der Waals surface area (Å²) in [6.07, 6.45) is 4.83. The van der Waals surface area contributed by atoms with Crippen molar-refractivity contribution in [3.63, 3.8) is 0 Å². The molecule has 0 aromatic rings. The Hall–Kier alpha value is -0.483.